The average molecular weight is 400 g/mol. The van der Waals surface area contributed by atoms with Gasteiger partial charge in [0.25, 0.3) is 0 Å². The number of fused-ring (bicyclic) bond motifs is 1. The van der Waals surface area contributed by atoms with Crippen molar-refractivity contribution in [3.8, 4) is 34.8 Å². The highest BCUT2D eigenvalue weighted by atomic mass is 16.5. The molecule has 0 amide bonds. The van der Waals surface area contributed by atoms with Crippen LogP contribution in [0.25, 0.3) is 28.2 Å². The zero-order chi connectivity index (χ0) is 20.7. The second-order valence-electron chi connectivity index (χ2n) is 7.44. The number of nitrogens with zero attached hydrogens (tertiary/aromatic N) is 8. The first-order valence-corrected chi connectivity index (χ1v) is 9.39. The van der Waals surface area contributed by atoms with E-state index in [1.165, 1.54) is 0 Å². The van der Waals surface area contributed by atoms with E-state index in [2.05, 4.69) is 27.5 Å². The van der Waals surface area contributed by atoms with E-state index in [-0.39, 0.29) is 12.5 Å². The first-order valence-electron chi connectivity index (χ1n) is 9.39. The van der Waals surface area contributed by atoms with E-state index in [1.807, 2.05) is 12.3 Å². The first kappa shape index (κ1) is 18.0. The highest BCUT2D eigenvalue weighted by molar-refractivity contribution is 5.77. The molecule has 1 fully saturated rings. The van der Waals surface area contributed by atoms with Crippen LogP contribution in [0.15, 0.2) is 41.4 Å². The van der Waals surface area contributed by atoms with Crippen molar-refractivity contribution in [3.05, 3.63) is 42.7 Å². The Labute approximate surface area is 170 Å². The van der Waals surface area contributed by atoms with Gasteiger partial charge in [0.2, 0.25) is 0 Å². The molecule has 1 saturated carbocycles. The van der Waals surface area contributed by atoms with Gasteiger partial charge in [-0.05, 0) is 18.9 Å². The number of aliphatic hydroxyl groups excluding tert-OH is 1. The van der Waals surface area contributed by atoms with Crippen LogP contribution in [0.1, 0.15) is 25.0 Å². The molecule has 1 aliphatic carbocycles. The summed E-state index contributed by atoms with van der Waals surface area (Å²) >= 11 is 0. The van der Waals surface area contributed by atoms with Gasteiger partial charge >= 0.3 is 0 Å². The largest absolute Gasteiger partial charge is 0.388 e. The standard InChI is InChI=1S/C20H16N8O2/c21-3-2-20(6-13(7-20)8-22)28-10-14(9-24-28)19-18-1-4-23-27(18)11-17(25-19)16-5-15(12-29)30-26-16/h1,4-5,9-11,13,29H,2,6-7,12H2. The Morgan fingerprint density at radius 1 is 1.23 bits per heavy atom. The minimum absolute atomic E-state index is 0.0538. The predicted molar refractivity (Wildman–Crippen MR) is 102 cm³/mol. The molecule has 30 heavy (non-hydrogen) atoms. The Balaban J connectivity index is 1.58. The van der Waals surface area contributed by atoms with Gasteiger partial charge in [0.05, 0.1) is 59.8 Å². The predicted octanol–water partition coefficient (Wildman–Crippen LogP) is 2.28. The number of hydrogen-bond donors (Lipinski definition) is 1. The van der Waals surface area contributed by atoms with Crippen LogP contribution in [-0.4, -0.2) is 34.6 Å². The lowest BCUT2D eigenvalue weighted by atomic mass is 9.67. The van der Waals surface area contributed by atoms with E-state index in [0.29, 0.717) is 42.1 Å². The Morgan fingerprint density at radius 3 is 2.83 bits per heavy atom. The minimum Gasteiger partial charge on any atom is -0.388 e. The Morgan fingerprint density at radius 2 is 2.10 bits per heavy atom. The zero-order valence-electron chi connectivity index (χ0n) is 15.8. The second-order valence-corrected chi connectivity index (χ2v) is 7.44. The third-order valence-electron chi connectivity index (χ3n) is 5.55. The van der Waals surface area contributed by atoms with Gasteiger partial charge in [0.1, 0.15) is 18.0 Å². The summed E-state index contributed by atoms with van der Waals surface area (Å²) in [6, 6.07) is 7.98. The van der Waals surface area contributed by atoms with Gasteiger partial charge in [0.15, 0.2) is 5.76 Å². The third kappa shape index (κ3) is 2.74. The van der Waals surface area contributed by atoms with Crippen LogP contribution in [0.2, 0.25) is 0 Å². The Kier molecular flexibility index (Phi) is 4.09. The first-order chi connectivity index (χ1) is 14.7. The maximum atomic E-state index is 9.28. The third-order valence-corrected chi connectivity index (χ3v) is 5.55. The lowest BCUT2D eigenvalue weighted by Crippen LogP contribution is -2.46. The number of aliphatic hydroxyl groups is 1. The molecule has 0 spiro atoms. The Bertz CT molecular complexity index is 1310. The molecule has 1 aliphatic rings. The normalized spacial score (nSPS) is 20.6. The summed E-state index contributed by atoms with van der Waals surface area (Å²) in [4.78, 5) is 4.74. The van der Waals surface area contributed by atoms with E-state index in [9.17, 15) is 10.4 Å². The van der Waals surface area contributed by atoms with E-state index >= 15 is 0 Å². The molecule has 5 rings (SSSR count). The topological polar surface area (TPSA) is 142 Å². The summed E-state index contributed by atoms with van der Waals surface area (Å²) in [6.45, 7) is -0.249. The van der Waals surface area contributed by atoms with E-state index in [1.54, 1.807) is 33.9 Å². The molecule has 148 valence electrons. The van der Waals surface area contributed by atoms with E-state index < -0.39 is 5.54 Å². The smallest absolute Gasteiger partial charge is 0.162 e. The van der Waals surface area contributed by atoms with Gasteiger partial charge in [-0.15, -0.1) is 0 Å². The molecule has 0 bridgehead atoms. The molecule has 4 aromatic rings. The summed E-state index contributed by atoms with van der Waals surface area (Å²) in [6.07, 6.45) is 8.50. The summed E-state index contributed by atoms with van der Waals surface area (Å²) < 4.78 is 8.57. The van der Waals surface area contributed by atoms with Crippen molar-refractivity contribution in [2.24, 2.45) is 5.92 Å². The monoisotopic (exact) mass is 400 g/mol. The van der Waals surface area contributed by atoms with Crippen LogP contribution in [-0.2, 0) is 12.1 Å². The van der Waals surface area contributed by atoms with Gasteiger partial charge < -0.3 is 9.63 Å². The zero-order valence-corrected chi connectivity index (χ0v) is 15.8. The molecule has 0 aromatic carbocycles. The molecule has 0 radical (unpaired) electrons. The fourth-order valence-corrected chi connectivity index (χ4v) is 3.98. The van der Waals surface area contributed by atoms with Crippen LogP contribution in [0.4, 0.5) is 0 Å². The fourth-order valence-electron chi connectivity index (χ4n) is 3.98. The fraction of sp³-hybridized carbons (Fsp3) is 0.300. The molecule has 0 saturated heterocycles. The van der Waals surface area contributed by atoms with Crippen molar-refractivity contribution >= 4 is 5.52 Å². The summed E-state index contributed by atoms with van der Waals surface area (Å²) in [5.74, 6) is 0.291. The maximum absolute atomic E-state index is 9.28. The summed E-state index contributed by atoms with van der Waals surface area (Å²) in [5.41, 5.74) is 2.80. The molecule has 0 unspecified atom stereocenters. The van der Waals surface area contributed by atoms with E-state index in [0.717, 1.165) is 11.1 Å². The number of aromatic nitrogens is 6. The molecular formula is C20H16N8O2. The second kappa shape index (κ2) is 6.79. The van der Waals surface area contributed by atoms with Gasteiger partial charge in [0, 0.05) is 17.8 Å². The number of hydrogen-bond acceptors (Lipinski definition) is 8. The van der Waals surface area contributed by atoms with Gasteiger partial charge in [-0.2, -0.15) is 20.7 Å². The van der Waals surface area contributed by atoms with Crippen LogP contribution >= 0.6 is 0 Å². The SMILES string of the molecule is N#CCC1(n2cc(-c3nc(-c4cc(CO)on4)cn4nccc34)cn2)CC(C#N)C1. The molecule has 10 heteroatoms. The molecule has 0 aliphatic heterocycles. The molecule has 4 aromatic heterocycles. The van der Waals surface area contributed by atoms with Crippen LogP contribution < -0.4 is 0 Å². The highest BCUT2D eigenvalue weighted by Gasteiger charge is 2.46. The molecule has 10 nitrogen and oxygen atoms in total. The van der Waals surface area contributed by atoms with Gasteiger partial charge in [-0.3, -0.25) is 4.68 Å². The van der Waals surface area contributed by atoms with Crippen LogP contribution in [0.3, 0.4) is 0 Å². The van der Waals surface area contributed by atoms with E-state index in [4.69, 9.17) is 14.8 Å². The number of nitriles is 2. The highest BCUT2D eigenvalue weighted by Crippen LogP contribution is 2.46. The van der Waals surface area contributed by atoms with Crippen molar-refractivity contribution in [3.63, 3.8) is 0 Å². The van der Waals surface area contributed by atoms with Crippen molar-refractivity contribution in [2.75, 3.05) is 0 Å². The summed E-state index contributed by atoms with van der Waals surface area (Å²) in [5, 5.41) is 40.5. The van der Waals surface area contributed by atoms with Gasteiger partial charge in [-0.1, -0.05) is 5.16 Å². The summed E-state index contributed by atoms with van der Waals surface area (Å²) in [7, 11) is 0. The van der Waals surface area contributed by atoms with Crippen molar-refractivity contribution in [2.45, 2.75) is 31.4 Å². The number of rotatable bonds is 5. The van der Waals surface area contributed by atoms with Crippen LogP contribution in [0.5, 0.6) is 0 Å². The van der Waals surface area contributed by atoms with Crippen molar-refractivity contribution in [1.82, 2.24) is 29.5 Å². The Hall–Kier alpha value is -4.02. The lowest BCUT2D eigenvalue weighted by Gasteiger charge is -2.43. The van der Waals surface area contributed by atoms with Crippen molar-refractivity contribution in [1.29, 1.82) is 10.5 Å². The molecular weight excluding hydrogens is 384 g/mol. The lowest BCUT2D eigenvalue weighted by molar-refractivity contribution is 0.0882. The molecule has 4 heterocycles. The van der Waals surface area contributed by atoms with Crippen LogP contribution in [0, 0.1) is 28.6 Å². The molecule has 1 N–H and O–H groups in total. The maximum Gasteiger partial charge on any atom is 0.162 e. The van der Waals surface area contributed by atoms with Gasteiger partial charge in [-0.25, -0.2) is 9.50 Å². The quantitative estimate of drug-likeness (QED) is 0.538. The molecule has 0 atom stereocenters. The minimum atomic E-state index is -0.455. The average Bonchev–Trinajstić information content (AvgIpc) is 3.49. The van der Waals surface area contributed by atoms with Crippen molar-refractivity contribution < 1.29 is 9.63 Å².